The number of nitrogens with zero attached hydrogens (tertiary/aromatic N) is 1. The van der Waals surface area contributed by atoms with E-state index in [4.69, 9.17) is 5.73 Å². The molecule has 0 aromatic carbocycles. The van der Waals surface area contributed by atoms with Crippen LogP contribution in [-0.2, 0) is 0 Å². The standard InChI is InChI=1S/C12H22N2/c1-2-3-7-14-8-10-5-4-6-12(13)11(10)9-14/h2,10-12H,1,3-9,13H2. The summed E-state index contributed by atoms with van der Waals surface area (Å²) >= 11 is 0. The Labute approximate surface area is 87.2 Å². The highest BCUT2D eigenvalue weighted by Crippen LogP contribution is 2.35. The van der Waals surface area contributed by atoms with Gasteiger partial charge in [0.05, 0.1) is 0 Å². The lowest BCUT2D eigenvalue weighted by atomic mass is 9.78. The van der Waals surface area contributed by atoms with Gasteiger partial charge >= 0.3 is 0 Å². The summed E-state index contributed by atoms with van der Waals surface area (Å²) in [5.41, 5.74) is 6.16. The summed E-state index contributed by atoms with van der Waals surface area (Å²) in [6.45, 7) is 7.48. The molecular formula is C12H22N2. The zero-order valence-corrected chi connectivity index (χ0v) is 8.99. The zero-order valence-electron chi connectivity index (χ0n) is 8.99. The molecule has 0 amide bonds. The minimum atomic E-state index is 0.475. The number of fused-ring (bicyclic) bond motifs is 1. The largest absolute Gasteiger partial charge is 0.327 e. The van der Waals surface area contributed by atoms with Gasteiger partial charge in [-0.15, -0.1) is 6.58 Å². The SMILES string of the molecule is C=CCCN1CC2CCCC(N)C2C1. The van der Waals surface area contributed by atoms with Gasteiger partial charge in [0.15, 0.2) is 0 Å². The van der Waals surface area contributed by atoms with Gasteiger partial charge in [-0.25, -0.2) is 0 Å². The molecule has 1 aliphatic carbocycles. The summed E-state index contributed by atoms with van der Waals surface area (Å²) in [6, 6.07) is 0.475. The lowest BCUT2D eigenvalue weighted by Gasteiger charge is -2.29. The Bertz CT molecular complexity index is 202. The van der Waals surface area contributed by atoms with E-state index in [-0.39, 0.29) is 0 Å². The molecule has 3 atom stereocenters. The van der Waals surface area contributed by atoms with Crippen molar-refractivity contribution in [3.8, 4) is 0 Å². The number of rotatable bonds is 3. The molecule has 1 heterocycles. The van der Waals surface area contributed by atoms with Crippen LogP contribution in [0.25, 0.3) is 0 Å². The summed E-state index contributed by atoms with van der Waals surface area (Å²) in [4.78, 5) is 2.57. The van der Waals surface area contributed by atoms with Gasteiger partial charge in [0, 0.05) is 25.7 Å². The smallest absolute Gasteiger partial charge is 0.00825 e. The molecule has 3 unspecified atom stereocenters. The predicted molar refractivity (Wildman–Crippen MR) is 60.1 cm³/mol. The predicted octanol–water partition coefficient (Wildman–Crippen LogP) is 1.62. The summed E-state index contributed by atoms with van der Waals surface area (Å²) in [7, 11) is 0. The van der Waals surface area contributed by atoms with Gasteiger partial charge < -0.3 is 10.6 Å². The van der Waals surface area contributed by atoms with Gasteiger partial charge in [-0.1, -0.05) is 12.5 Å². The Balaban J connectivity index is 1.87. The molecule has 0 spiro atoms. The molecule has 80 valence electrons. The Morgan fingerprint density at radius 1 is 1.36 bits per heavy atom. The first kappa shape index (κ1) is 10.2. The van der Waals surface area contributed by atoms with Crippen LogP contribution in [0.1, 0.15) is 25.7 Å². The van der Waals surface area contributed by atoms with E-state index in [1.807, 2.05) is 6.08 Å². The molecule has 2 rings (SSSR count). The van der Waals surface area contributed by atoms with E-state index in [2.05, 4.69) is 11.5 Å². The van der Waals surface area contributed by atoms with Crippen molar-refractivity contribution in [3.05, 3.63) is 12.7 Å². The van der Waals surface area contributed by atoms with Crippen LogP contribution in [0.3, 0.4) is 0 Å². The molecule has 1 aliphatic heterocycles. The van der Waals surface area contributed by atoms with Crippen LogP contribution in [-0.4, -0.2) is 30.6 Å². The molecule has 1 saturated carbocycles. The number of nitrogens with two attached hydrogens (primary N) is 1. The number of hydrogen-bond acceptors (Lipinski definition) is 2. The normalized spacial score (nSPS) is 38.2. The fraction of sp³-hybridized carbons (Fsp3) is 0.833. The first-order chi connectivity index (χ1) is 6.81. The lowest BCUT2D eigenvalue weighted by Crippen LogP contribution is -2.38. The molecule has 0 radical (unpaired) electrons. The van der Waals surface area contributed by atoms with Crippen molar-refractivity contribution in [2.24, 2.45) is 17.6 Å². The number of hydrogen-bond donors (Lipinski definition) is 1. The van der Waals surface area contributed by atoms with Gasteiger partial charge in [-0.3, -0.25) is 0 Å². The average Bonchev–Trinajstić information content (AvgIpc) is 2.59. The molecule has 2 aliphatic rings. The van der Waals surface area contributed by atoms with Gasteiger partial charge in [0.1, 0.15) is 0 Å². The summed E-state index contributed by atoms with van der Waals surface area (Å²) in [6.07, 6.45) is 7.13. The molecule has 2 heteroatoms. The fourth-order valence-corrected chi connectivity index (χ4v) is 3.07. The molecule has 14 heavy (non-hydrogen) atoms. The van der Waals surface area contributed by atoms with Crippen LogP contribution >= 0.6 is 0 Å². The third-order valence-electron chi connectivity index (χ3n) is 3.88. The van der Waals surface area contributed by atoms with E-state index >= 15 is 0 Å². The quantitative estimate of drug-likeness (QED) is 0.692. The van der Waals surface area contributed by atoms with E-state index in [1.54, 1.807) is 0 Å². The highest BCUT2D eigenvalue weighted by Gasteiger charge is 2.37. The van der Waals surface area contributed by atoms with Gasteiger partial charge in [0.25, 0.3) is 0 Å². The first-order valence-electron chi connectivity index (χ1n) is 5.90. The molecule has 2 nitrogen and oxygen atoms in total. The highest BCUT2D eigenvalue weighted by molar-refractivity contribution is 4.93. The van der Waals surface area contributed by atoms with Crippen molar-refractivity contribution >= 4 is 0 Å². The fourth-order valence-electron chi connectivity index (χ4n) is 3.07. The van der Waals surface area contributed by atoms with E-state index in [1.165, 1.54) is 38.9 Å². The Morgan fingerprint density at radius 3 is 2.93 bits per heavy atom. The van der Waals surface area contributed by atoms with Crippen LogP contribution < -0.4 is 5.73 Å². The van der Waals surface area contributed by atoms with Gasteiger partial charge in [-0.2, -0.15) is 0 Å². The minimum Gasteiger partial charge on any atom is -0.327 e. The molecule has 0 aromatic rings. The van der Waals surface area contributed by atoms with Crippen LogP contribution in [0.4, 0.5) is 0 Å². The molecule has 0 aromatic heterocycles. The summed E-state index contributed by atoms with van der Waals surface area (Å²) in [5, 5.41) is 0. The topological polar surface area (TPSA) is 29.3 Å². The lowest BCUT2D eigenvalue weighted by molar-refractivity contribution is 0.259. The second kappa shape index (κ2) is 4.45. The monoisotopic (exact) mass is 194 g/mol. The second-order valence-electron chi connectivity index (χ2n) is 4.86. The number of likely N-dealkylation sites (tertiary alicyclic amines) is 1. The maximum atomic E-state index is 6.16. The summed E-state index contributed by atoms with van der Waals surface area (Å²) in [5.74, 6) is 1.68. The maximum Gasteiger partial charge on any atom is 0.00825 e. The molecule has 0 bridgehead atoms. The van der Waals surface area contributed by atoms with E-state index in [0.717, 1.165) is 18.3 Å². The third-order valence-corrected chi connectivity index (χ3v) is 3.88. The van der Waals surface area contributed by atoms with Gasteiger partial charge in [-0.05, 0) is 31.1 Å². The van der Waals surface area contributed by atoms with Crippen molar-refractivity contribution in [2.45, 2.75) is 31.7 Å². The van der Waals surface area contributed by atoms with Gasteiger partial charge in [0.2, 0.25) is 0 Å². The van der Waals surface area contributed by atoms with Crippen molar-refractivity contribution in [1.29, 1.82) is 0 Å². The zero-order chi connectivity index (χ0) is 9.97. The Kier molecular flexibility index (Phi) is 3.24. The van der Waals surface area contributed by atoms with Crippen molar-refractivity contribution in [3.63, 3.8) is 0 Å². The molecular weight excluding hydrogens is 172 g/mol. The van der Waals surface area contributed by atoms with Crippen molar-refractivity contribution in [2.75, 3.05) is 19.6 Å². The maximum absolute atomic E-state index is 6.16. The average molecular weight is 194 g/mol. The first-order valence-corrected chi connectivity index (χ1v) is 5.90. The Hall–Kier alpha value is -0.340. The third kappa shape index (κ3) is 2.01. The van der Waals surface area contributed by atoms with Crippen molar-refractivity contribution in [1.82, 2.24) is 4.90 Å². The Morgan fingerprint density at radius 2 is 2.21 bits per heavy atom. The van der Waals surface area contributed by atoms with Crippen molar-refractivity contribution < 1.29 is 0 Å². The summed E-state index contributed by atoms with van der Waals surface area (Å²) < 4.78 is 0. The van der Waals surface area contributed by atoms with E-state index in [0.29, 0.717) is 6.04 Å². The van der Waals surface area contributed by atoms with E-state index in [9.17, 15) is 0 Å². The van der Waals surface area contributed by atoms with E-state index < -0.39 is 0 Å². The minimum absolute atomic E-state index is 0.475. The van der Waals surface area contributed by atoms with Crippen LogP contribution in [0.2, 0.25) is 0 Å². The molecule has 1 saturated heterocycles. The molecule has 2 fully saturated rings. The second-order valence-corrected chi connectivity index (χ2v) is 4.86. The van der Waals surface area contributed by atoms with Crippen LogP contribution in [0, 0.1) is 11.8 Å². The van der Waals surface area contributed by atoms with Crippen LogP contribution in [0.15, 0.2) is 12.7 Å². The molecule has 2 N–H and O–H groups in total. The highest BCUT2D eigenvalue weighted by atomic mass is 15.2. The van der Waals surface area contributed by atoms with Crippen LogP contribution in [0.5, 0.6) is 0 Å².